The van der Waals surface area contributed by atoms with Gasteiger partial charge in [-0.05, 0) is 6.07 Å². The molecule has 0 fully saturated rings. The van der Waals surface area contributed by atoms with Crippen LogP contribution in [0, 0.1) is 0 Å². The van der Waals surface area contributed by atoms with E-state index in [1.807, 2.05) is 0 Å². The second-order valence-electron chi connectivity index (χ2n) is 3.00. The van der Waals surface area contributed by atoms with Crippen LogP contribution in [0.2, 0.25) is 8.67 Å². The van der Waals surface area contributed by atoms with Crippen LogP contribution in [0.5, 0.6) is 0 Å². The summed E-state index contributed by atoms with van der Waals surface area (Å²) < 4.78 is 0.892. The predicted molar refractivity (Wildman–Crippen MR) is 64.1 cm³/mol. The van der Waals surface area contributed by atoms with Crippen LogP contribution in [0.1, 0.15) is 16.1 Å². The summed E-state index contributed by atoms with van der Waals surface area (Å²) in [7, 11) is 0. The van der Waals surface area contributed by atoms with Crippen molar-refractivity contribution in [2.24, 2.45) is 0 Å². The number of aromatic amines is 1. The predicted octanol–water partition coefficient (Wildman–Crippen LogP) is 2.71. The number of thiophene rings is 1. The zero-order valence-corrected chi connectivity index (χ0v) is 10.3. The number of imidazole rings is 1. The number of amides is 1. The van der Waals surface area contributed by atoms with Crippen molar-refractivity contribution in [2.45, 2.75) is 6.54 Å². The Kier molecular flexibility index (Phi) is 3.48. The van der Waals surface area contributed by atoms with Crippen LogP contribution >= 0.6 is 34.5 Å². The first-order chi connectivity index (χ1) is 7.66. The first-order valence-electron chi connectivity index (χ1n) is 4.37. The minimum Gasteiger partial charge on any atom is -0.347 e. The van der Waals surface area contributed by atoms with Crippen LogP contribution in [0.3, 0.4) is 0 Å². The summed E-state index contributed by atoms with van der Waals surface area (Å²) >= 11 is 12.8. The molecule has 0 aliphatic carbocycles. The fourth-order valence-electron chi connectivity index (χ4n) is 1.15. The molecule has 0 aliphatic heterocycles. The average Bonchev–Trinajstić information content (AvgIpc) is 2.84. The molecule has 84 valence electrons. The lowest BCUT2D eigenvalue weighted by molar-refractivity contribution is 0.0951. The Balaban J connectivity index is 2.01. The third kappa shape index (κ3) is 2.55. The van der Waals surface area contributed by atoms with Crippen LogP contribution in [0.4, 0.5) is 0 Å². The van der Waals surface area contributed by atoms with Crippen LogP contribution < -0.4 is 5.32 Å². The summed E-state index contributed by atoms with van der Waals surface area (Å²) in [6.45, 7) is 0.378. The van der Waals surface area contributed by atoms with Gasteiger partial charge in [0.2, 0.25) is 0 Å². The summed E-state index contributed by atoms with van der Waals surface area (Å²) in [5.41, 5.74) is 1.22. The number of halogens is 2. The van der Waals surface area contributed by atoms with E-state index in [0.717, 1.165) is 5.69 Å². The van der Waals surface area contributed by atoms with E-state index in [4.69, 9.17) is 23.2 Å². The molecule has 1 amide bonds. The molecule has 16 heavy (non-hydrogen) atoms. The number of carbonyl (C=O) groups excluding carboxylic acids is 1. The number of rotatable bonds is 3. The summed E-state index contributed by atoms with van der Waals surface area (Å²) in [5.74, 6) is -0.247. The Morgan fingerprint density at radius 1 is 1.56 bits per heavy atom. The van der Waals surface area contributed by atoms with Crippen LogP contribution in [-0.4, -0.2) is 15.9 Å². The van der Waals surface area contributed by atoms with E-state index in [2.05, 4.69) is 15.3 Å². The van der Waals surface area contributed by atoms with Gasteiger partial charge in [0.1, 0.15) is 4.34 Å². The molecule has 0 aromatic carbocycles. The quantitative estimate of drug-likeness (QED) is 0.905. The highest BCUT2D eigenvalue weighted by molar-refractivity contribution is 7.20. The number of hydrogen-bond donors (Lipinski definition) is 2. The number of nitrogens with one attached hydrogen (secondary N) is 2. The lowest BCUT2D eigenvalue weighted by Crippen LogP contribution is -2.22. The Labute approximate surface area is 106 Å². The van der Waals surface area contributed by atoms with Gasteiger partial charge < -0.3 is 10.3 Å². The molecular weight excluding hydrogens is 269 g/mol. The highest BCUT2D eigenvalue weighted by Gasteiger charge is 2.13. The number of carbonyl (C=O) groups is 1. The molecule has 0 unspecified atom stereocenters. The fourth-order valence-corrected chi connectivity index (χ4v) is 2.61. The van der Waals surface area contributed by atoms with Crippen molar-refractivity contribution in [3.8, 4) is 0 Å². The van der Waals surface area contributed by atoms with E-state index in [9.17, 15) is 4.79 Å². The van der Waals surface area contributed by atoms with Gasteiger partial charge in [-0.1, -0.05) is 23.2 Å². The van der Waals surface area contributed by atoms with E-state index < -0.39 is 0 Å². The zero-order valence-electron chi connectivity index (χ0n) is 7.96. The number of aromatic nitrogens is 2. The zero-order chi connectivity index (χ0) is 11.5. The third-order valence-corrected chi connectivity index (χ3v) is 3.38. The van der Waals surface area contributed by atoms with Gasteiger partial charge in [0.25, 0.3) is 5.91 Å². The Hall–Kier alpha value is -1.04. The van der Waals surface area contributed by atoms with Crippen molar-refractivity contribution < 1.29 is 4.79 Å². The molecule has 0 saturated heterocycles. The van der Waals surface area contributed by atoms with Gasteiger partial charge in [0.05, 0.1) is 28.5 Å². The maximum absolute atomic E-state index is 11.7. The SMILES string of the molecule is O=C(NCc1cnc[nH]1)c1cc(Cl)sc1Cl. The van der Waals surface area contributed by atoms with E-state index in [1.54, 1.807) is 18.6 Å². The monoisotopic (exact) mass is 275 g/mol. The second kappa shape index (κ2) is 4.86. The normalized spacial score (nSPS) is 10.4. The van der Waals surface area contributed by atoms with Gasteiger partial charge in [-0.3, -0.25) is 4.79 Å². The molecule has 0 spiro atoms. The highest BCUT2D eigenvalue weighted by atomic mass is 35.5. The summed E-state index contributed by atoms with van der Waals surface area (Å²) in [6.07, 6.45) is 3.19. The van der Waals surface area contributed by atoms with Gasteiger partial charge in [-0.2, -0.15) is 0 Å². The van der Waals surface area contributed by atoms with E-state index >= 15 is 0 Å². The van der Waals surface area contributed by atoms with Gasteiger partial charge in [-0.25, -0.2) is 4.98 Å². The topological polar surface area (TPSA) is 57.8 Å². The van der Waals surface area contributed by atoms with Crippen LogP contribution in [0.25, 0.3) is 0 Å². The lowest BCUT2D eigenvalue weighted by atomic mass is 10.3. The van der Waals surface area contributed by atoms with Gasteiger partial charge in [0.15, 0.2) is 0 Å². The molecule has 0 saturated carbocycles. The molecule has 0 atom stereocenters. The number of hydrogen-bond acceptors (Lipinski definition) is 3. The molecule has 2 rings (SSSR count). The second-order valence-corrected chi connectivity index (χ2v) is 5.28. The molecule has 4 nitrogen and oxygen atoms in total. The minimum absolute atomic E-state index is 0.247. The molecule has 2 N–H and O–H groups in total. The lowest BCUT2D eigenvalue weighted by Gasteiger charge is -2.01. The number of H-pyrrole nitrogens is 1. The van der Waals surface area contributed by atoms with Crippen molar-refractivity contribution in [3.05, 3.63) is 38.5 Å². The van der Waals surface area contributed by atoms with E-state index in [0.29, 0.717) is 20.8 Å². The summed E-state index contributed by atoms with van der Waals surface area (Å²) in [6, 6.07) is 1.55. The van der Waals surface area contributed by atoms with Crippen molar-refractivity contribution in [1.29, 1.82) is 0 Å². The molecule has 2 aromatic rings. The van der Waals surface area contributed by atoms with Crippen molar-refractivity contribution >= 4 is 40.4 Å². The maximum atomic E-state index is 11.7. The minimum atomic E-state index is -0.247. The van der Waals surface area contributed by atoms with Gasteiger partial charge >= 0.3 is 0 Å². The van der Waals surface area contributed by atoms with Gasteiger partial charge in [0, 0.05) is 6.20 Å². The fraction of sp³-hybridized carbons (Fsp3) is 0.111. The molecule has 7 heteroatoms. The molecule has 2 heterocycles. The van der Waals surface area contributed by atoms with E-state index in [1.165, 1.54) is 11.3 Å². The molecular formula is C9H7Cl2N3OS. The molecule has 0 bridgehead atoms. The summed E-state index contributed by atoms with van der Waals surface area (Å²) in [5, 5.41) is 2.71. The Bertz CT molecular complexity index is 495. The average molecular weight is 276 g/mol. The largest absolute Gasteiger partial charge is 0.347 e. The van der Waals surface area contributed by atoms with E-state index in [-0.39, 0.29) is 5.91 Å². The summed E-state index contributed by atoms with van der Waals surface area (Å²) in [4.78, 5) is 18.4. The van der Waals surface area contributed by atoms with Crippen LogP contribution in [-0.2, 0) is 6.54 Å². The van der Waals surface area contributed by atoms with Crippen molar-refractivity contribution in [2.75, 3.05) is 0 Å². The third-order valence-electron chi connectivity index (χ3n) is 1.90. The molecule has 0 radical (unpaired) electrons. The van der Waals surface area contributed by atoms with Crippen molar-refractivity contribution in [1.82, 2.24) is 15.3 Å². The van der Waals surface area contributed by atoms with Crippen molar-refractivity contribution in [3.63, 3.8) is 0 Å². The molecule has 2 aromatic heterocycles. The maximum Gasteiger partial charge on any atom is 0.254 e. The Morgan fingerprint density at radius 3 is 2.94 bits per heavy atom. The van der Waals surface area contributed by atoms with Gasteiger partial charge in [-0.15, -0.1) is 11.3 Å². The highest BCUT2D eigenvalue weighted by Crippen LogP contribution is 2.30. The molecule has 0 aliphatic rings. The standard InChI is InChI=1S/C9H7Cl2N3OS/c10-7-1-6(8(11)16-7)9(15)13-3-5-2-12-4-14-5/h1-2,4H,3H2,(H,12,14)(H,13,15). The number of nitrogens with zero attached hydrogens (tertiary/aromatic N) is 1. The van der Waals surface area contributed by atoms with Crippen LogP contribution in [0.15, 0.2) is 18.6 Å². The first-order valence-corrected chi connectivity index (χ1v) is 5.94. The smallest absolute Gasteiger partial charge is 0.254 e. The first kappa shape index (κ1) is 11.4. The Morgan fingerprint density at radius 2 is 2.38 bits per heavy atom.